The Hall–Kier alpha value is -1.14. The van der Waals surface area contributed by atoms with Gasteiger partial charge in [-0.3, -0.25) is 0 Å². The van der Waals surface area contributed by atoms with Crippen LogP contribution in [0.15, 0.2) is 25.2 Å². The molecule has 1 aliphatic heterocycles. The van der Waals surface area contributed by atoms with Gasteiger partial charge in [-0.1, -0.05) is 9.15 Å². The van der Waals surface area contributed by atoms with E-state index in [0.29, 0.717) is 0 Å². The molecule has 0 saturated heterocycles. The molecule has 1 aliphatic rings. The molecule has 0 saturated carbocycles. The fraction of sp³-hybridized carbons (Fsp3) is 0.286. The second-order valence-corrected chi connectivity index (χ2v) is 1.77. The molecule has 0 aromatic heterocycles. The van der Waals surface area contributed by atoms with E-state index in [1.54, 1.807) is 10.8 Å². The summed E-state index contributed by atoms with van der Waals surface area (Å²) in [6.07, 6.45) is 5.59. The summed E-state index contributed by atoms with van der Waals surface area (Å²) in [4.78, 5) is 0. The van der Waals surface area contributed by atoms with Crippen molar-refractivity contribution in [2.75, 3.05) is 6.54 Å². The molecule has 0 bridgehead atoms. The van der Waals surface area contributed by atoms with E-state index < -0.39 is 0 Å². The summed E-state index contributed by atoms with van der Waals surface area (Å²) in [6, 6.07) is 3.03. The number of nitrogens with zero attached hydrogens (tertiary/aromatic N) is 2. The molecule has 0 radical (unpaired) electrons. The van der Waals surface area contributed by atoms with Gasteiger partial charge in [-0.25, -0.2) is 0 Å². The lowest BCUT2D eigenvalue weighted by atomic mass is 10.7. The number of hydrogen-bond donors (Lipinski definition) is 0. The van der Waals surface area contributed by atoms with Gasteiger partial charge in [0.1, 0.15) is 0 Å². The Labute approximate surface area is 54.8 Å². The van der Waals surface area contributed by atoms with Crippen molar-refractivity contribution in [2.24, 2.45) is 0 Å². The highest BCUT2D eigenvalue weighted by atomic mass is 15.1. The Bertz CT molecular complexity index is 217. The normalized spacial score (nSPS) is 15.2. The molecule has 0 amide bonds. The predicted octanol–water partition coefficient (Wildman–Crippen LogP) is 0.834. The first kappa shape index (κ1) is 5.99. The Morgan fingerprint density at radius 2 is 2.44 bits per heavy atom. The van der Waals surface area contributed by atoms with Crippen LogP contribution in [0.1, 0.15) is 6.92 Å². The minimum Gasteiger partial charge on any atom is -0.0944 e. The zero-order chi connectivity index (χ0) is 6.69. The molecule has 2 nitrogen and oxygen atoms in total. The third kappa shape index (κ3) is 1.15. The molecule has 2 heteroatoms. The molecule has 9 heavy (non-hydrogen) atoms. The summed E-state index contributed by atoms with van der Waals surface area (Å²) in [5, 5.41) is 0. The van der Waals surface area contributed by atoms with Crippen LogP contribution in [0.4, 0.5) is 0 Å². The molecule has 0 spiro atoms. The van der Waals surface area contributed by atoms with Gasteiger partial charge in [0.2, 0.25) is 6.20 Å². The summed E-state index contributed by atoms with van der Waals surface area (Å²) in [7, 11) is 0. The van der Waals surface area contributed by atoms with Gasteiger partial charge in [0.25, 0.3) is 6.20 Å². The Morgan fingerprint density at radius 1 is 1.67 bits per heavy atom. The van der Waals surface area contributed by atoms with Crippen LogP contribution in [0.3, 0.4) is 0 Å². The van der Waals surface area contributed by atoms with Crippen LogP contribution in [0.2, 0.25) is 0 Å². The quantitative estimate of drug-likeness (QED) is 0.479. The smallest absolute Gasteiger partial charge is 0.0944 e. The van der Waals surface area contributed by atoms with Crippen molar-refractivity contribution in [3.63, 3.8) is 0 Å². The zero-order valence-electron chi connectivity index (χ0n) is 5.54. The second kappa shape index (κ2) is 2.42. The lowest BCUT2D eigenvalue weighted by Gasteiger charge is -1.70. The minimum absolute atomic E-state index is 0.959. The van der Waals surface area contributed by atoms with E-state index in [-0.39, 0.29) is 0 Å². The van der Waals surface area contributed by atoms with E-state index in [4.69, 9.17) is 0 Å². The van der Waals surface area contributed by atoms with Crippen LogP contribution < -0.4 is 0 Å². The number of hydrogen-bond acceptors (Lipinski definition) is 0. The van der Waals surface area contributed by atoms with Gasteiger partial charge >= 0.3 is 6.01 Å². The van der Waals surface area contributed by atoms with Gasteiger partial charge in [0.15, 0.2) is 12.7 Å². The van der Waals surface area contributed by atoms with E-state index in [2.05, 4.69) is 19.5 Å². The third-order valence-corrected chi connectivity index (χ3v) is 1.19. The molecule has 46 valence electrons. The molecule has 0 aromatic rings. The van der Waals surface area contributed by atoms with E-state index in [0.717, 1.165) is 6.54 Å². The maximum atomic E-state index is 3.60. The average Bonchev–Trinajstić information content (AvgIpc) is 2.34. The molecule has 0 atom stereocenters. The minimum atomic E-state index is 0.959. The van der Waals surface area contributed by atoms with Crippen LogP contribution >= 0.6 is 0 Å². The molecule has 0 aromatic carbocycles. The van der Waals surface area contributed by atoms with Crippen LogP contribution in [0.5, 0.6) is 0 Å². The third-order valence-electron chi connectivity index (χ3n) is 1.19. The molecular weight excluding hydrogens is 112 g/mol. The van der Waals surface area contributed by atoms with Gasteiger partial charge in [-0.15, -0.1) is 0 Å². The van der Waals surface area contributed by atoms with Crippen molar-refractivity contribution in [2.45, 2.75) is 6.92 Å². The van der Waals surface area contributed by atoms with E-state index in [1.807, 2.05) is 17.0 Å². The maximum Gasteiger partial charge on any atom is 0.494 e. The largest absolute Gasteiger partial charge is 0.494 e. The maximum absolute atomic E-state index is 3.60. The van der Waals surface area contributed by atoms with Gasteiger partial charge < -0.3 is 0 Å². The fourth-order valence-electron chi connectivity index (χ4n) is 0.645. The molecular formula is C7H10N2+2. The first-order valence-electron chi connectivity index (χ1n) is 2.99. The topological polar surface area (TPSA) is 6.02 Å². The van der Waals surface area contributed by atoms with Gasteiger partial charge in [0.05, 0.1) is 0 Å². The SMILES string of the molecule is C=C[N+]1=C=[N+](CC)C=C1. The van der Waals surface area contributed by atoms with Crippen molar-refractivity contribution >= 4 is 6.01 Å². The summed E-state index contributed by atoms with van der Waals surface area (Å²) >= 11 is 0. The van der Waals surface area contributed by atoms with Crippen molar-refractivity contribution in [3.8, 4) is 0 Å². The standard InChI is InChI=1S/C7H10N2/c1-3-8-5-6-9(4-2)7-8/h3,5-6H,1,4H2,2H3/q+2. The highest BCUT2D eigenvalue weighted by Gasteiger charge is 2.09. The van der Waals surface area contributed by atoms with Crippen LogP contribution in [-0.4, -0.2) is 21.7 Å². The fourth-order valence-corrected chi connectivity index (χ4v) is 0.645. The van der Waals surface area contributed by atoms with Crippen LogP contribution in [0, 0.1) is 0 Å². The Kier molecular flexibility index (Phi) is 1.61. The van der Waals surface area contributed by atoms with E-state index in [1.165, 1.54) is 0 Å². The lowest BCUT2D eigenvalue weighted by Crippen LogP contribution is -1.98. The van der Waals surface area contributed by atoms with Gasteiger partial charge in [0, 0.05) is 0 Å². The van der Waals surface area contributed by atoms with Crippen LogP contribution in [-0.2, 0) is 0 Å². The molecule has 1 heterocycles. The summed E-state index contributed by atoms with van der Waals surface area (Å²) in [6.45, 7) is 6.63. The molecule has 0 aliphatic carbocycles. The summed E-state index contributed by atoms with van der Waals surface area (Å²) in [5.74, 6) is 0. The summed E-state index contributed by atoms with van der Waals surface area (Å²) < 4.78 is 3.76. The number of rotatable bonds is 2. The molecule has 1 rings (SSSR count). The Balaban J connectivity index is 2.90. The first-order valence-corrected chi connectivity index (χ1v) is 2.99. The second-order valence-electron chi connectivity index (χ2n) is 1.77. The molecule has 0 fully saturated rings. The summed E-state index contributed by atoms with van der Waals surface area (Å²) in [5.41, 5.74) is 0. The monoisotopic (exact) mass is 122 g/mol. The molecule has 0 unspecified atom stereocenters. The van der Waals surface area contributed by atoms with Crippen LogP contribution in [0.25, 0.3) is 0 Å². The van der Waals surface area contributed by atoms with Crippen molar-refractivity contribution < 1.29 is 9.15 Å². The highest BCUT2D eigenvalue weighted by Crippen LogP contribution is 1.85. The first-order chi connectivity index (χ1) is 4.36. The Morgan fingerprint density at radius 3 is 2.78 bits per heavy atom. The van der Waals surface area contributed by atoms with Gasteiger partial charge in [-0.2, -0.15) is 0 Å². The van der Waals surface area contributed by atoms with Crippen molar-refractivity contribution in [1.29, 1.82) is 0 Å². The van der Waals surface area contributed by atoms with E-state index >= 15 is 0 Å². The highest BCUT2D eigenvalue weighted by molar-refractivity contribution is 5.29. The van der Waals surface area contributed by atoms with Crippen molar-refractivity contribution in [3.05, 3.63) is 25.2 Å². The lowest BCUT2D eigenvalue weighted by molar-refractivity contribution is -0.458. The van der Waals surface area contributed by atoms with Crippen molar-refractivity contribution in [1.82, 2.24) is 0 Å². The average molecular weight is 122 g/mol. The predicted molar refractivity (Wildman–Crippen MR) is 35.4 cm³/mol. The van der Waals surface area contributed by atoms with Gasteiger partial charge in [-0.05, 0) is 13.5 Å². The van der Waals surface area contributed by atoms with E-state index in [9.17, 15) is 0 Å². The zero-order valence-corrected chi connectivity index (χ0v) is 5.54. The molecule has 0 N–H and O–H groups in total.